The highest BCUT2D eigenvalue weighted by Gasteiger charge is 2.54. The summed E-state index contributed by atoms with van der Waals surface area (Å²) in [6, 6.07) is 6.12. The molecule has 0 saturated carbocycles. The fourth-order valence-corrected chi connectivity index (χ4v) is 1.43. The smallest absolute Gasteiger partial charge is 0.322 e. The van der Waals surface area contributed by atoms with E-state index in [1.165, 1.54) is 23.1 Å². The van der Waals surface area contributed by atoms with E-state index in [-0.39, 0.29) is 5.69 Å². The molecule has 21 heavy (non-hydrogen) atoms. The number of carbonyl (C=O) groups excluding carboxylic acids is 1. The Morgan fingerprint density at radius 2 is 2.00 bits per heavy atom. The lowest BCUT2D eigenvalue weighted by atomic mass is 10.0. The maximum Gasteiger partial charge on any atom is 0.415 e. The first-order chi connectivity index (χ1) is 9.73. The average Bonchev–Trinajstić information content (AvgIpc) is 2.91. The fourth-order valence-electron chi connectivity index (χ4n) is 1.43. The number of para-hydroxylation sites is 2. The monoisotopic (exact) mass is 300 g/mol. The van der Waals surface area contributed by atoms with E-state index in [0.717, 1.165) is 0 Å². The second-order valence-corrected chi connectivity index (χ2v) is 4.43. The van der Waals surface area contributed by atoms with E-state index < -0.39 is 17.6 Å². The molecule has 7 nitrogen and oxygen atoms in total. The average molecular weight is 300 g/mol. The number of alkyl halides is 3. The van der Waals surface area contributed by atoms with Gasteiger partial charge in [0.25, 0.3) is 5.91 Å². The first kappa shape index (κ1) is 14.9. The van der Waals surface area contributed by atoms with Crippen LogP contribution in [0.2, 0.25) is 0 Å². The molecule has 1 aromatic heterocycles. The van der Waals surface area contributed by atoms with Crippen LogP contribution < -0.4 is 11.1 Å². The Morgan fingerprint density at radius 1 is 1.33 bits per heavy atom. The van der Waals surface area contributed by atoms with Gasteiger partial charge in [0.05, 0.1) is 11.4 Å². The number of nitrogens with zero attached hydrogens (tertiary/aromatic N) is 4. The molecule has 0 fully saturated rings. The van der Waals surface area contributed by atoms with Crippen LogP contribution in [0.25, 0.3) is 5.69 Å². The number of benzene rings is 1. The van der Waals surface area contributed by atoms with Gasteiger partial charge in [-0.05, 0) is 29.5 Å². The molecule has 0 spiro atoms. The second-order valence-electron chi connectivity index (χ2n) is 4.43. The van der Waals surface area contributed by atoms with Crippen LogP contribution >= 0.6 is 0 Å². The lowest BCUT2D eigenvalue weighted by molar-refractivity contribution is -0.184. The van der Waals surface area contributed by atoms with E-state index in [0.29, 0.717) is 12.6 Å². The summed E-state index contributed by atoms with van der Waals surface area (Å²) in [6.07, 6.45) is -3.63. The van der Waals surface area contributed by atoms with Crippen molar-refractivity contribution < 1.29 is 18.0 Å². The van der Waals surface area contributed by atoms with E-state index in [1.807, 2.05) is 0 Å². The van der Waals surface area contributed by atoms with Crippen molar-refractivity contribution in [2.24, 2.45) is 5.73 Å². The fraction of sp³-hybridized carbons (Fsp3) is 0.273. The molecule has 0 aliphatic heterocycles. The van der Waals surface area contributed by atoms with Crippen molar-refractivity contribution >= 4 is 11.6 Å². The third-order valence-corrected chi connectivity index (χ3v) is 2.81. The molecule has 1 unspecified atom stereocenters. The van der Waals surface area contributed by atoms with Crippen LogP contribution in [0, 0.1) is 0 Å². The molecular formula is C11H11F3N6O. The molecule has 2 rings (SSSR count). The number of nitrogens with one attached hydrogen (secondary N) is 1. The Labute approximate surface area is 116 Å². The number of aromatic nitrogens is 4. The molecule has 0 radical (unpaired) electrons. The molecule has 1 amide bonds. The van der Waals surface area contributed by atoms with Gasteiger partial charge in [0.1, 0.15) is 6.33 Å². The predicted molar refractivity (Wildman–Crippen MR) is 66.4 cm³/mol. The van der Waals surface area contributed by atoms with Crippen LogP contribution in [0.4, 0.5) is 18.9 Å². The number of anilines is 1. The first-order valence-corrected chi connectivity index (χ1v) is 5.73. The number of hydrogen-bond acceptors (Lipinski definition) is 5. The minimum Gasteiger partial charge on any atom is -0.322 e. The summed E-state index contributed by atoms with van der Waals surface area (Å²) in [4.78, 5) is 11.8. The van der Waals surface area contributed by atoms with Crippen LogP contribution in [0.5, 0.6) is 0 Å². The Morgan fingerprint density at radius 3 is 2.57 bits per heavy atom. The molecule has 1 heterocycles. The van der Waals surface area contributed by atoms with Gasteiger partial charge in [0.15, 0.2) is 5.54 Å². The maximum atomic E-state index is 12.7. The third kappa shape index (κ3) is 2.84. The zero-order valence-electron chi connectivity index (χ0n) is 10.8. The number of carbonyl (C=O) groups is 1. The van der Waals surface area contributed by atoms with E-state index in [2.05, 4.69) is 20.8 Å². The highest BCUT2D eigenvalue weighted by atomic mass is 19.4. The van der Waals surface area contributed by atoms with Gasteiger partial charge in [-0.15, -0.1) is 5.10 Å². The molecule has 112 valence electrons. The van der Waals surface area contributed by atoms with Gasteiger partial charge < -0.3 is 11.1 Å². The van der Waals surface area contributed by atoms with Gasteiger partial charge in [0.2, 0.25) is 0 Å². The number of nitrogens with two attached hydrogens (primary N) is 1. The van der Waals surface area contributed by atoms with Crippen LogP contribution in [-0.2, 0) is 4.79 Å². The standard InChI is InChI=1S/C11H11F3N6O/c1-10(15,11(12,13)14)9(21)17-7-4-2-3-5-8(7)20-6-16-18-19-20/h2-6H,15H2,1H3,(H,17,21). The van der Waals surface area contributed by atoms with Crippen molar-refractivity contribution in [3.8, 4) is 5.69 Å². The summed E-state index contributed by atoms with van der Waals surface area (Å²) < 4.78 is 39.4. The largest absolute Gasteiger partial charge is 0.415 e. The molecule has 0 aliphatic carbocycles. The lowest BCUT2D eigenvalue weighted by Gasteiger charge is -2.26. The SMILES string of the molecule is CC(N)(C(=O)Nc1ccccc1-n1cnnn1)C(F)(F)F. The maximum absolute atomic E-state index is 12.7. The number of hydrogen-bond donors (Lipinski definition) is 2. The molecule has 2 aromatic rings. The Bertz CT molecular complexity index is 638. The zero-order valence-corrected chi connectivity index (χ0v) is 10.8. The van der Waals surface area contributed by atoms with Crippen molar-refractivity contribution in [1.29, 1.82) is 0 Å². The minimum atomic E-state index is -4.87. The highest BCUT2D eigenvalue weighted by molar-refractivity contribution is 5.99. The van der Waals surface area contributed by atoms with Crippen molar-refractivity contribution in [1.82, 2.24) is 20.2 Å². The van der Waals surface area contributed by atoms with Crippen LogP contribution in [0.15, 0.2) is 30.6 Å². The molecule has 3 N–H and O–H groups in total. The van der Waals surface area contributed by atoms with Crippen molar-refractivity contribution in [2.75, 3.05) is 5.32 Å². The number of amides is 1. The number of halogens is 3. The number of tetrazole rings is 1. The molecular weight excluding hydrogens is 289 g/mol. The molecule has 0 saturated heterocycles. The number of rotatable bonds is 3. The second kappa shape index (κ2) is 5.13. The summed E-state index contributed by atoms with van der Waals surface area (Å²) >= 11 is 0. The molecule has 0 aliphatic rings. The van der Waals surface area contributed by atoms with Gasteiger partial charge >= 0.3 is 6.18 Å². The van der Waals surface area contributed by atoms with Crippen LogP contribution in [0.1, 0.15) is 6.92 Å². The van der Waals surface area contributed by atoms with Gasteiger partial charge in [-0.2, -0.15) is 17.9 Å². The van der Waals surface area contributed by atoms with Crippen molar-refractivity contribution in [3.63, 3.8) is 0 Å². The summed E-state index contributed by atoms with van der Waals surface area (Å²) in [7, 11) is 0. The van der Waals surface area contributed by atoms with Gasteiger partial charge in [0, 0.05) is 0 Å². The van der Waals surface area contributed by atoms with E-state index >= 15 is 0 Å². The summed E-state index contributed by atoms with van der Waals surface area (Å²) in [6.45, 7) is 0.599. The predicted octanol–water partition coefficient (Wildman–Crippen LogP) is 0.880. The minimum absolute atomic E-state index is 0.107. The van der Waals surface area contributed by atoms with E-state index in [4.69, 9.17) is 5.73 Å². The third-order valence-electron chi connectivity index (χ3n) is 2.81. The summed E-state index contributed by atoms with van der Waals surface area (Å²) in [5.41, 5.74) is 2.48. The molecule has 1 atom stereocenters. The van der Waals surface area contributed by atoms with Crippen molar-refractivity contribution in [2.45, 2.75) is 18.6 Å². The lowest BCUT2D eigenvalue weighted by Crippen LogP contribution is -2.59. The van der Waals surface area contributed by atoms with Crippen molar-refractivity contribution in [3.05, 3.63) is 30.6 Å². The normalized spacial score (nSPS) is 14.5. The topological polar surface area (TPSA) is 98.7 Å². The Balaban J connectivity index is 2.31. The van der Waals surface area contributed by atoms with Gasteiger partial charge in [-0.1, -0.05) is 12.1 Å². The van der Waals surface area contributed by atoms with Crippen LogP contribution in [0.3, 0.4) is 0 Å². The molecule has 10 heteroatoms. The van der Waals surface area contributed by atoms with Gasteiger partial charge in [-0.25, -0.2) is 0 Å². The van der Waals surface area contributed by atoms with E-state index in [1.54, 1.807) is 12.1 Å². The Kier molecular flexibility index (Phi) is 3.64. The highest BCUT2D eigenvalue weighted by Crippen LogP contribution is 2.29. The van der Waals surface area contributed by atoms with Gasteiger partial charge in [-0.3, -0.25) is 4.79 Å². The molecule has 1 aromatic carbocycles. The zero-order chi connectivity index (χ0) is 15.7. The Hall–Kier alpha value is -2.49. The quantitative estimate of drug-likeness (QED) is 0.876. The first-order valence-electron chi connectivity index (χ1n) is 5.73. The summed E-state index contributed by atoms with van der Waals surface area (Å²) in [5.74, 6) is -1.38. The van der Waals surface area contributed by atoms with E-state index in [9.17, 15) is 18.0 Å². The molecule has 0 bridgehead atoms. The van der Waals surface area contributed by atoms with Crippen LogP contribution in [-0.4, -0.2) is 37.8 Å². The summed E-state index contributed by atoms with van der Waals surface area (Å²) in [5, 5.41) is 12.6.